The molecule has 0 radical (unpaired) electrons. The van der Waals surface area contributed by atoms with Crippen LogP contribution in [0.5, 0.6) is 0 Å². The molecule has 0 N–H and O–H groups in total. The van der Waals surface area contributed by atoms with E-state index in [4.69, 9.17) is 11.6 Å². The molecule has 2 rings (SSSR count). The van der Waals surface area contributed by atoms with Crippen molar-refractivity contribution in [2.24, 2.45) is 0 Å². The Kier molecular flexibility index (Phi) is 4.58. The maximum Gasteiger partial charge on any atom is 0.417 e. The lowest BCUT2D eigenvalue weighted by atomic mass is 10.0. The van der Waals surface area contributed by atoms with Crippen molar-refractivity contribution in [3.63, 3.8) is 0 Å². The zero-order valence-corrected chi connectivity index (χ0v) is 12.7. The summed E-state index contributed by atoms with van der Waals surface area (Å²) in [5.41, 5.74) is 0.811. The van der Waals surface area contributed by atoms with Crippen molar-refractivity contribution < 1.29 is 13.2 Å². The van der Waals surface area contributed by atoms with Crippen molar-refractivity contribution in [3.8, 4) is 0 Å². The maximum atomic E-state index is 12.8. The molecule has 0 aliphatic rings. The van der Waals surface area contributed by atoms with Crippen molar-refractivity contribution in [2.45, 2.75) is 18.0 Å². The first kappa shape index (κ1) is 14.9. The molecule has 0 saturated carbocycles. The van der Waals surface area contributed by atoms with Crippen LogP contribution >= 0.6 is 38.9 Å². The molecule has 1 heterocycles. The summed E-state index contributed by atoms with van der Waals surface area (Å²) in [7, 11) is 0. The van der Waals surface area contributed by atoms with E-state index in [9.17, 15) is 13.2 Å². The van der Waals surface area contributed by atoms with E-state index in [1.165, 1.54) is 6.07 Å². The van der Waals surface area contributed by atoms with Crippen LogP contribution in [0.3, 0.4) is 0 Å². The van der Waals surface area contributed by atoms with Crippen LogP contribution in [0, 0.1) is 0 Å². The van der Waals surface area contributed by atoms with Crippen molar-refractivity contribution >= 4 is 38.9 Å². The van der Waals surface area contributed by atoms with E-state index >= 15 is 0 Å². The average molecular weight is 370 g/mol. The largest absolute Gasteiger partial charge is 0.417 e. The molecule has 1 aromatic carbocycles. The number of benzene rings is 1. The summed E-state index contributed by atoms with van der Waals surface area (Å²) in [6.45, 7) is 0. The predicted molar refractivity (Wildman–Crippen MR) is 75.8 cm³/mol. The predicted octanol–water partition coefficient (Wildman–Crippen LogP) is 6.05. The molecular formula is C13H9BrClF3S. The first-order chi connectivity index (χ1) is 8.88. The van der Waals surface area contributed by atoms with Crippen LogP contribution in [0.25, 0.3) is 0 Å². The molecule has 19 heavy (non-hydrogen) atoms. The number of hydrogen-bond donors (Lipinski definition) is 0. The smallest absolute Gasteiger partial charge is 0.166 e. The highest BCUT2D eigenvalue weighted by Gasteiger charge is 2.33. The van der Waals surface area contributed by atoms with Gasteiger partial charge in [0, 0.05) is 4.47 Å². The van der Waals surface area contributed by atoms with E-state index in [1.807, 2.05) is 16.8 Å². The highest BCUT2D eigenvalue weighted by Crippen LogP contribution is 2.37. The van der Waals surface area contributed by atoms with E-state index in [1.54, 1.807) is 17.4 Å². The van der Waals surface area contributed by atoms with Crippen LogP contribution in [-0.2, 0) is 12.6 Å². The number of hydrogen-bond acceptors (Lipinski definition) is 1. The number of alkyl halides is 4. The maximum absolute atomic E-state index is 12.8. The molecule has 0 nitrogen and oxygen atoms in total. The van der Waals surface area contributed by atoms with Gasteiger partial charge in [0.05, 0.1) is 10.9 Å². The highest BCUT2D eigenvalue weighted by atomic mass is 79.9. The molecule has 1 unspecified atom stereocenters. The molecule has 6 heteroatoms. The third-order valence-corrected chi connectivity index (χ3v) is 4.48. The van der Waals surface area contributed by atoms with Gasteiger partial charge in [-0.05, 0) is 46.5 Å². The van der Waals surface area contributed by atoms with Gasteiger partial charge in [0.2, 0.25) is 0 Å². The topological polar surface area (TPSA) is 0 Å². The monoisotopic (exact) mass is 368 g/mol. The van der Waals surface area contributed by atoms with Crippen LogP contribution in [-0.4, -0.2) is 0 Å². The lowest BCUT2D eigenvalue weighted by molar-refractivity contribution is -0.138. The Bertz CT molecular complexity index is 552. The van der Waals surface area contributed by atoms with Crippen LogP contribution in [0.15, 0.2) is 39.5 Å². The minimum absolute atomic E-state index is 0.0307. The van der Waals surface area contributed by atoms with Crippen molar-refractivity contribution in [3.05, 3.63) is 56.2 Å². The third kappa shape index (κ3) is 3.74. The van der Waals surface area contributed by atoms with Crippen molar-refractivity contribution in [1.82, 2.24) is 0 Å². The van der Waals surface area contributed by atoms with Crippen LogP contribution in [0.1, 0.15) is 22.1 Å². The third-order valence-electron chi connectivity index (χ3n) is 2.65. The summed E-state index contributed by atoms with van der Waals surface area (Å²) in [4.78, 5) is 0. The Morgan fingerprint density at radius 3 is 2.58 bits per heavy atom. The van der Waals surface area contributed by atoms with Crippen LogP contribution in [0.4, 0.5) is 13.2 Å². The second-order valence-corrected chi connectivity index (χ2v) is 6.20. The lowest BCUT2D eigenvalue weighted by Gasteiger charge is -2.14. The Morgan fingerprint density at radius 2 is 2.00 bits per heavy atom. The van der Waals surface area contributed by atoms with Crippen molar-refractivity contribution in [2.75, 3.05) is 0 Å². The summed E-state index contributed by atoms with van der Waals surface area (Å²) < 4.78 is 38.4. The SMILES string of the molecule is FC(F)(F)c1cc(C(Cl)Cc2ccsc2)ccc1Br. The molecule has 0 saturated heterocycles. The molecule has 0 aliphatic heterocycles. The molecule has 2 aromatic rings. The second-order valence-electron chi connectivity index (χ2n) is 4.04. The van der Waals surface area contributed by atoms with Crippen molar-refractivity contribution in [1.29, 1.82) is 0 Å². The molecule has 1 aromatic heterocycles. The molecule has 0 amide bonds. The molecular weight excluding hydrogens is 361 g/mol. The summed E-state index contributed by atoms with van der Waals surface area (Å²) in [5.74, 6) is 0. The number of thiophene rings is 1. The normalized spacial score (nSPS) is 13.5. The standard InChI is InChI=1S/C13H9BrClF3S/c14-11-2-1-9(6-10(11)13(16,17)18)12(15)5-8-3-4-19-7-8/h1-4,6-7,12H,5H2. The fourth-order valence-electron chi connectivity index (χ4n) is 1.69. The zero-order chi connectivity index (χ0) is 14.0. The average Bonchev–Trinajstić information content (AvgIpc) is 2.80. The van der Waals surface area contributed by atoms with Gasteiger partial charge in [-0.15, -0.1) is 11.6 Å². The number of halogens is 5. The molecule has 0 spiro atoms. The van der Waals surface area contributed by atoms with E-state index < -0.39 is 17.1 Å². The minimum Gasteiger partial charge on any atom is -0.166 e. The highest BCUT2D eigenvalue weighted by molar-refractivity contribution is 9.10. The lowest BCUT2D eigenvalue weighted by Crippen LogP contribution is -2.07. The molecule has 1 atom stereocenters. The molecule has 0 bridgehead atoms. The molecule has 102 valence electrons. The van der Waals surface area contributed by atoms with E-state index in [0.29, 0.717) is 12.0 Å². The Labute approximate surface area is 126 Å². The van der Waals surface area contributed by atoms with Crippen LogP contribution in [0.2, 0.25) is 0 Å². The zero-order valence-electron chi connectivity index (χ0n) is 9.55. The van der Waals surface area contributed by atoms with Crippen LogP contribution < -0.4 is 0 Å². The quantitative estimate of drug-likeness (QED) is 0.578. The molecule has 0 fully saturated rings. The Hall–Kier alpha value is -0.520. The van der Waals surface area contributed by atoms with Gasteiger partial charge in [-0.3, -0.25) is 0 Å². The van der Waals surface area contributed by atoms with E-state index in [2.05, 4.69) is 15.9 Å². The Morgan fingerprint density at radius 1 is 1.26 bits per heavy atom. The molecule has 0 aliphatic carbocycles. The van der Waals surface area contributed by atoms with E-state index in [0.717, 1.165) is 11.6 Å². The number of rotatable bonds is 3. The fourth-order valence-corrected chi connectivity index (χ4v) is 3.16. The fraction of sp³-hybridized carbons (Fsp3) is 0.231. The van der Waals surface area contributed by atoms with Gasteiger partial charge in [0.15, 0.2) is 0 Å². The minimum atomic E-state index is -4.38. The van der Waals surface area contributed by atoms with Gasteiger partial charge in [-0.2, -0.15) is 24.5 Å². The summed E-state index contributed by atoms with van der Waals surface area (Å²) in [6, 6.07) is 6.03. The van der Waals surface area contributed by atoms with E-state index in [-0.39, 0.29) is 4.47 Å². The summed E-state index contributed by atoms with van der Waals surface area (Å²) in [6.07, 6.45) is -3.86. The summed E-state index contributed by atoms with van der Waals surface area (Å²) >= 11 is 10.6. The van der Waals surface area contributed by atoms with Gasteiger partial charge < -0.3 is 0 Å². The first-order valence-corrected chi connectivity index (χ1v) is 7.57. The second kappa shape index (κ2) is 5.85. The van der Waals surface area contributed by atoms with Gasteiger partial charge in [-0.1, -0.05) is 22.0 Å². The Balaban J connectivity index is 2.25. The summed E-state index contributed by atoms with van der Waals surface area (Å²) in [5, 5.41) is 3.39. The van der Waals surface area contributed by atoms with Gasteiger partial charge in [0.25, 0.3) is 0 Å². The van der Waals surface area contributed by atoms with Gasteiger partial charge >= 0.3 is 6.18 Å². The van der Waals surface area contributed by atoms with Gasteiger partial charge in [0.1, 0.15) is 0 Å². The first-order valence-electron chi connectivity index (χ1n) is 5.39. The van der Waals surface area contributed by atoms with Gasteiger partial charge in [-0.25, -0.2) is 0 Å².